The molecule has 0 fully saturated rings. The van der Waals surface area contributed by atoms with Gasteiger partial charge in [-0.2, -0.15) is 25.5 Å². The topological polar surface area (TPSA) is 54.4 Å². The fourth-order valence-electron chi connectivity index (χ4n) is 2.23. The first-order valence-electron chi connectivity index (χ1n) is 7.79. The van der Waals surface area contributed by atoms with Crippen molar-refractivity contribution in [3.8, 4) is 0 Å². The van der Waals surface area contributed by atoms with Crippen LogP contribution in [0.25, 0.3) is 0 Å². The van der Waals surface area contributed by atoms with E-state index in [1.807, 2.05) is 91.0 Å². The Morgan fingerprint density at radius 1 is 0.655 bits per heavy atom. The van der Waals surface area contributed by atoms with E-state index in [2.05, 4.69) is 0 Å². The van der Waals surface area contributed by atoms with Gasteiger partial charge >= 0.3 is 45.2 Å². The summed E-state index contributed by atoms with van der Waals surface area (Å²) in [5, 5.41) is 0. The van der Waals surface area contributed by atoms with Crippen LogP contribution in [0.15, 0.2) is 106 Å². The third kappa shape index (κ3) is 6.56. The molecule has 10 heteroatoms. The van der Waals surface area contributed by atoms with Crippen LogP contribution in [0, 0.1) is 0 Å². The van der Waals surface area contributed by atoms with Gasteiger partial charge in [-0.15, -0.1) is 0 Å². The van der Waals surface area contributed by atoms with Gasteiger partial charge in [-0.05, 0) is 46.8 Å². The van der Waals surface area contributed by atoms with E-state index in [1.54, 1.807) is 0 Å². The van der Waals surface area contributed by atoms with Crippen LogP contribution >= 0.6 is 10.4 Å². The molecular weight excluding hydrogens is 439 g/mol. The molecule has 0 aliphatic rings. The van der Waals surface area contributed by atoms with Gasteiger partial charge in [-0.25, -0.2) is 0 Å². The van der Waals surface area contributed by atoms with Gasteiger partial charge in [-0.1, -0.05) is 54.6 Å². The largest absolute Gasteiger partial charge is 1.00 e. The maximum atomic E-state index is 16.1. The predicted molar refractivity (Wildman–Crippen MR) is 102 cm³/mol. The van der Waals surface area contributed by atoms with Gasteiger partial charge in [-0.3, -0.25) is 4.55 Å². The van der Waals surface area contributed by atoms with Crippen molar-refractivity contribution in [3.63, 3.8) is 0 Å². The van der Waals surface area contributed by atoms with Crippen LogP contribution in [0.2, 0.25) is 0 Å². The Labute approximate surface area is 191 Å². The quantitative estimate of drug-likeness (QED) is 0.285. The molecule has 0 heterocycles. The molecule has 0 unspecified atom stereocenters. The molecule has 0 saturated heterocycles. The van der Waals surface area contributed by atoms with Crippen LogP contribution in [0.4, 0.5) is 17.1 Å². The average molecular weight is 456 g/mol. The molecule has 0 spiro atoms. The first-order chi connectivity index (χ1) is 13.1. The van der Waals surface area contributed by atoms with Crippen LogP contribution in [0.1, 0.15) is 1.43 Å². The third-order valence-corrected chi connectivity index (χ3v) is 6.85. The minimum absolute atomic E-state index is 0. The monoisotopic (exact) mass is 456 g/mol. The molecule has 0 aliphatic carbocycles. The fraction of sp³-hybridized carbons (Fsp3) is 0.0526. The molecule has 0 amide bonds. The molecule has 3 nitrogen and oxygen atoms in total. The minimum Gasteiger partial charge on any atom is -1.00 e. The Balaban J connectivity index is 0.000000730. The van der Waals surface area contributed by atoms with Crippen LogP contribution in [0.3, 0.4) is 0 Å². The molecule has 152 valence electrons. The summed E-state index contributed by atoms with van der Waals surface area (Å²) in [4.78, 5) is 2.20. The standard InChI is InChI=1S/C18H15FS.CHF3O3S.Na.H/c19-20(16-10-4-1-5-11-16,17-12-6-2-7-13-17)18-14-8-3-9-15-18;2-1(3,4)8(5,6)7;;/h1-15H;(H,5,6,7);;/q;;+1;-1. The van der Waals surface area contributed by atoms with E-state index < -0.39 is 26.0 Å². The third-order valence-electron chi connectivity index (χ3n) is 3.50. The Bertz CT molecular complexity index is 894. The van der Waals surface area contributed by atoms with Gasteiger partial charge in [0.25, 0.3) is 0 Å². The Hall–Kier alpha value is -1.36. The molecule has 0 bridgehead atoms. The normalized spacial score (nSPS) is 12.2. The van der Waals surface area contributed by atoms with Gasteiger partial charge in [0, 0.05) is 14.7 Å². The van der Waals surface area contributed by atoms with Crippen molar-refractivity contribution < 1.29 is 61.0 Å². The smallest absolute Gasteiger partial charge is 1.00 e. The number of hydrogen-bond donors (Lipinski definition) is 1. The molecule has 3 aromatic carbocycles. The van der Waals surface area contributed by atoms with Gasteiger partial charge in [0.2, 0.25) is 0 Å². The predicted octanol–water partition coefficient (Wildman–Crippen LogP) is 3.36. The van der Waals surface area contributed by atoms with Gasteiger partial charge in [0.15, 0.2) is 0 Å². The van der Waals surface area contributed by atoms with Gasteiger partial charge in [0.05, 0.1) is 0 Å². The average Bonchev–Trinajstić information content (AvgIpc) is 2.68. The van der Waals surface area contributed by atoms with E-state index in [0.717, 1.165) is 14.7 Å². The van der Waals surface area contributed by atoms with Gasteiger partial charge < -0.3 is 1.43 Å². The summed E-state index contributed by atoms with van der Waals surface area (Å²) in [6, 6.07) is 28.3. The van der Waals surface area contributed by atoms with Crippen molar-refractivity contribution in [1.82, 2.24) is 0 Å². The number of alkyl halides is 3. The summed E-state index contributed by atoms with van der Waals surface area (Å²) in [6.07, 6.45) is 0. The maximum Gasteiger partial charge on any atom is 1.00 e. The van der Waals surface area contributed by atoms with Crippen molar-refractivity contribution in [2.75, 3.05) is 0 Å². The van der Waals surface area contributed by atoms with Crippen LogP contribution in [-0.4, -0.2) is 18.5 Å². The molecule has 29 heavy (non-hydrogen) atoms. The van der Waals surface area contributed by atoms with E-state index >= 15 is 3.89 Å². The molecule has 0 atom stereocenters. The molecule has 0 aliphatic heterocycles. The molecular formula is C19H17F4NaO3S2. The molecule has 0 aromatic heterocycles. The first-order valence-corrected chi connectivity index (χ1v) is 10.8. The van der Waals surface area contributed by atoms with E-state index in [1.165, 1.54) is 0 Å². The van der Waals surface area contributed by atoms with Crippen molar-refractivity contribution in [2.24, 2.45) is 0 Å². The Morgan fingerprint density at radius 2 is 0.862 bits per heavy atom. The molecule has 1 N–H and O–H groups in total. The molecule has 0 radical (unpaired) electrons. The summed E-state index contributed by atoms with van der Waals surface area (Å²) >= 11 is 0. The van der Waals surface area contributed by atoms with E-state index in [-0.39, 0.29) is 31.0 Å². The number of rotatable bonds is 3. The summed E-state index contributed by atoms with van der Waals surface area (Å²) in [7, 11) is -8.52. The fourth-order valence-corrected chi connectivity index (χ4v) is 4.65. The van der Waals surface area contributed by atoms with E-state index in [9.17, 15) is 13.2 Å². The maximum absolute atomic E-state index is 16.1. The Kier molecular flexibility index (Phi) is 9.39. The van der Waals surface area contributed by atoms with Crippen LogP contribution < -0.4 is 29.6 Å². The van der Waals surface area contributed by atoms with E-state index in [4.69, 9.17) is 13.0 Å². The number of benzene rings is 3. The van der Waals surface area contributed by atoms with Crippen LogP contribution in [-0.2, 0) is 10.1 Å². The molecule has 3 aromatic rings. The second kappa shape index (κ2) is 10.6. The van der Waals surface area contributed by atoms with Crippen LogP contribution in [0.5, 0.6) is 0 Å². The van der Waals surface area contributed by atoms with Gasteiger partial charge in [0.1, 0.15) is 0 Å². The second-order valence-electron chi connectivity index (χ2n) is 5.40. The van der Waals surface area contributed by atoms with Crippen molar-refractivity contribution in [1.29, 1.82) is 0 Å². The number of hydrogen-bond acceptors (Lipinski definition) is 2. The van der Waals surface area contributed by atoms with Crippen molar-refractivity contribution in [2.45, 2.75) is 20.2 Å². The SMILES string of the molecule is FS(c1ccccc1)(c1ccccc1)c1ccccc1.O=S(=O)(O)C(F)(F)F.[H-].[Na+]. The summed E-state index contributed by atoms with van der Waals surface area (Å²) in [5.74, 6) is 0. The minimum atomic E-state index is -5.84. The molecule has 0 saturated carbocycles. The Morgan fingerprint density at radius 3 is 1.03 bits per heavy atom. The van der Waals surface area contributed by atoms with Crippen molar-refractivity contribution in [3.05, 3.63) is 91.0 Å². The van der Waals surface area contributed by atoms with Crippen molar-refractivity contribution >= 4 is 20.5 Å². The zero-order chi connectivity index (χ0) is 20.8. The van der Waals surface area contributed by atoms with E-state index in [0.29, 0.717) is 0 Å². The molecule has 3 rings (SSSR count). The zero-order valence-corrected chi connectivity index (χ0v) is 18.9. The zero-order valence-electron chi connectivity index (χ0n) is 16.3. The first kappa shape index (κ1) is 25.7. The second-order valence-corrected chi connectivity index (χ2v) is 9.30. The summed E-state index contributed by atoms with van der Waals surface area (Å²) in [6.45, 7) is 0. The summed E-state index contributed by atoms with van der Waals surface area (Å²) < 4.78 is 73.6. The summed E-state index contributed by atoms with van der Waals surface area (Å²) in [5.41, 5.74) is -5.53. The number of halogens is 4.